The van der Waals surface area contributed by atoms with E-state index in [1.54, 1.807) is 0 Å². The Labute approximate surface area is 110 Å². The molecule has 0 aromatic heterocycles. The topological polar surface area (TPSA) is 44.8 Å². The molecule has 0 aliphatic rings. The molecule has 18 heavy (non-hydrogen) atoms. The number of hydrogen-bond acceptors (Lipinski definition) is 4. The molecular formula is C14H25O4. The van der Waals surface area contributed by atoms with Crippen LogP contribution in [0.15, 0.2) is 12.7 Å². The Bertz CT molecular complexity index is 216. The summed E-state index contributed by atoms with van der Waals surface area (Å²) in [5, 5.41) is 0. The lowest BCUT2D eigenvalue weighted by Gasteiger charge is -2.16. The van der Waals surface area contributed by atoms with Crippen molar-refractivity contribution in [3.63, 3.8) is 0 Å². The highest BCUT2D eigenvalue weighted by Crippen LogP contribution is 2.01. The average Bonchev–Trinajstić information content (AvgIpc) is 2.40. The van der Waals surface area contributed by atoms with Gasteiger partial charge in [-0.05, 0) is 12.8 Å². The Morgan fingerprint density at radius 2 is 2.06 bits per heavy atom. The Morgan fingerprint density at radius 1 is 1.28 bits per heavy atom. The van der Waals surface area contributed by atoms with Crippen molar-refractivity contribution in [3.8, 4) is 0 Å². The Hall–Kier alpha value is -0.870. The number of hydrogen-bond donors (Lipinski definition) is 0. The van der Waals surface area contributed by atoms with Crippen molar-refractivity contribution in [2.45, 2.75) is 38.7 Å². The molecule has 0 N–H and O–H groups in total. The highest BCUT2D eigenvalue weighted by atomic mass is 16.5. The van der Waals surface area contributed by atoms with E-state index in [-0.39, 0.29) is 6.10 Å². The predicted molar refractivity (Wildman–Crippen MR) is 71.2 cm³/mol. The lowest BCUT2D eigenvalue weighted by atomic mass is 10.3. The van der Waals surface area contributed by atoms with Crippen LogP contribution in [0.2, 0.25) is 0 Å². The molecule has 0 aliphatic heterocycles. The van der Waals surface area contributed by atoms with E-state index in [9.17, 15) is 4.79 Å². The van der Waals surface area contributed by atoms with E-state index >= 15 is 0 Å². The fraction of sp³-hybridized carbons (Fsp3) is 0.714. The summed E-state index contributed by atoms with van der Waals surface area (Å²) in [4.78, 5) is 10.7. The first kappa shape index (κ1) is 17.1. The van der Waals surface area contributed by atoms with Crippen LogP contribution in [-0.4, -0.2) is 38.5 Å². The van der Waals surface area contributed by atoms with Gasteiger partial charge >= 0.3 is 5.97 Å². The number of carbonyl (C=O) groups excluding carboxylic acids is 1. The fourth-order valence-electron chi connectivity index (χ4n) is 1.22. The van der Waals surface area contributed by atoms with Gasteiger partial charge in [-0.15, -0.1) is 0 Å². The van der Waals surface area contributed by atoms with Crippen LogP contribution in [0.25, 0.3) is 0 Å². The largest absolute Gasteiger partial charge is 0.462 e. The Morgan fingerprint density at radius 3 is 2.67 bits per heavy atom. The summed E-state index contributed by atoms with van der Waals surface area (Å²) >= 11 is 0. The summed E-state index contributed by atoms with van der Waals surface area (Å²) in [5.41, 5.74) is 0. The zero-order valence-corrected chi connectivity index (χ0v) is 11.4. The highest BCUT2D eigenvalue weighted by molar-refractivity contribution is 5.81. The summed E-state index contributed by atoms with van der Waals surface area (Å²) in [6, 6.07) is 0. The molecule has 1 unspecified atom stereocenters. The quantitative estimate of drug-likeness (QED) is 0.306. The number of rotatable bonds is 12. The third-order valence-electron chi connectivity index (χ3n) is 2.32. The molecule has 0 fully saturated rings. The van der Waals surface area contributed by atoms with Gasteiger partial charge in [-0.1, -0.05) is 26.8 Å². The van der Waals surface area contributed by atoms with E-state index in [4.69, 9.17) is 14.2 Å². The summed E-state index contributed by atoms with van der Waals surface area (Å²) < 4.78 is 15.9. The van der Waals surface area contributed by atoms with Gasteiger partial charge in [-0.2, -0.15) is 0 Å². The smallest absolute Gasteiger partial charge is 0.330 e. The maximum Gasteiger partial charge on any atom is 0.330 e. The first-order chi connectivity index (χ1) is 8.74. The molecule has 4 nitrogen and oxygen atoms in total. The third kappa shape index (κ3) is 10.3. The van der Waals surface area contributed by atoms with E-state index in [0.717, 1.165) is 25.5 Å². The first-order valence-corrected chi connectivity index (χ1v) is 6.52. The van der Waals surface area contributed by atoms with Crippen LogP contribution in [0.3, 0.4) is 0 Å². The van der Waals surface area contributed by atoms with Crippen LogP contribution in [0.5, 0.6) is 0 Å². The van der Waals surface area contributed by atoms with E-state index in [1.807, 2.05) is 0 Å². The molecule has 0 aliphatic carbocycles. The molecule has 0 saturated heterocycles. The second kappa shape index (κ2) is 12.6. The number of ether oxygens (including phenoxy) is 3. The fourth-order valence-corrected chi connectivity index (χ4v) is 1.22. The zero-order valence-electron chi connectivity index (χ0n) is 11.4. The molecule has 0 saturated carbocycles. The van der Waals surface area contributed by atoms with Crippen molar-refractivity contribution >= 4 is 5.97 Å². The minimum Gasteiger partial charge on any atom is -0.462 e. The first-order valence-electron chi connectivity index (χ1n) is 6.52. The maximum absolute atomic E-state index is 10.7. The molecule has 0 spiro atoms. The van der Waals surface area contributed by atoms with Gasteiger partial charge in [0.05, 0.1) is 19.3 Å². The van der Waals surface area contributed by atoms with Crippen molar-refractivity contribution in [1.82, 2.24) is 0 Å². The highest BCUT2D eigenvalue weighted by Gasteiger charge is 2.06. The monoisotopic (exact) mass is 257 g/mol. The minimum absolute atomic E-state index is 0.0623. The molecule has 1 atom stereocenters. The van der Waals surface area contributed by atoms with Crippen LogP contribution in [0.1, 0.15) is 32.6 Å². The van der Waals surface area contributed by atoms with Crippen molar-refractivity contribution in [1.29, 1.82) is 0 Å². The molecule has 0 amide bonds. The molecule has 105 valence electrons. The van der Waals surface area contributed by atoms with Gasteiger partial charge in [-0.3, -0.25) is 0 Å². The summed E-state index contributed by atoms with van der Waals surface area (Å²) in [6.07, 6.45) is 4.79. The van der Waals surface area contributed by atoms with Crippen molar-refractivity contribution in [2.75, 3.05) is 26.4 Å². The average molecular weight is 257 g/mol. The lowest BCUT2D eigenvalue weighted by Crippen LogP contribution is -2.20. The predicted octanol–water partition coefficient (Wildman–Crippen LogP) is 2.53. The number of carbonyl (C=O) groups is 1. The second-order valence-electron chi connectivity index (χ2n) is 3.94. The normalized spacial score (nSPS) is 12.1. The van der Waals surface area contributed by atoms with Gasteiger partial charge in [0.1, 0.15) is 0 Å². The van der Waals surface area contributed by atoms with Gasteiger partial charge in [0.25, 0.3) is 0 Å². The molecule has 1 radical (unpaired) electrons. The third-order valence-corrected chi connectivity index (χ3v) is 2.32. The molecule has 0 aromatic carbocycles. The van der Waals surface area contributed by atoms with Gasteiger partial charge in [0.2, 0.25) is 0 Å². The van der Waals surface area contributed by atoms with E-state index in [0.29, 0.717) is 32.7 Å². The van der Waals surface area contributed by atoms with Gasteiger partial charge in [0, 0.05) is 25.7 Å². The van der Waals surface area contributed by atoms with E-state index in [2.05, 4.69) is 20.4 Å². The van der Waals surface area contributed by atoms with Crippen LogP contribution < -0.4 is 0 Å². The molecule has 0 heterocycles. The molecule has 0 rings (SSSR count). The SMILES string of the molecule is [CH2]CC(COCCCOC(=O)C=C)OCCCC. The molecule has 0 aromatic rings. The lowest BCUT2D eigenvalue weighted by molar-refractivity contribution is -0.138. The number of unbranched alkanes of at least 4 members (excludes halogenated alkanes) is 1. The minimum atomic E-state index is -0.395. The van der Waals surface area contributed by atoms with Crippen LogP contribution in [0, 0.1) is 6.92 Å². The zero-order chi connectivity index (χ0) is 13.6. The van der Waals surface area contributed by atoms with E-state index in [1.165, 1.54) is 0 Å². The standard InChI is InChI=1S/C14H25O4/c1-4-7-10-17-13(5-2)12-16-9-8-11-18-14(15)6-3/h6,13H,2-5,7-12H2,1H3. The Balaban J connectivity index is 3.38. The van der Waals surface area contributed by atoms with Gasteiger partial charge in [0.15, 0.2) is 0 Å². The second-order valence-corrected chi connectivity index (χ2v) is 3.94. The van der Waals surface area contributed by atoms with E-state index < -0.39 is 5.97 Å². The molecule has 4 heteroatoms. The van der Waals surface area contributed by atoms with Gasteiger partial charge < -0.3 is 14.2 Å². The summed E-state index contributed by atoms with van der Waals surface area (Å²) in [7, 11) is 0. The summed E-state index contributed by atoms with van der Waals surface area (Å²) in [6.45, 7) is 11.5. The van der Waals surface area contributed by atoms with Crippen molar-refractivity contribution < 1.29 is 19.0 Å². The van der Waals surface area contributed by atoms with Crippen molar-refractivity contribution in [2.24, 2.45) is 0 Å². The summed E-state index contributed by atoms with van der Waals surface area (Å²) in [5.74, 6) is -0.395. The molecular weight excluding hydrogens is 232 g/mol. The van der Waals surface area contributed by atoms with Gasteiger partial charge in [-0.25, -0.2) is 4.79 Å². The van der Waals surface area contributed by atoms with Crippen molar-refractivity contribution in [3.05, 3.63) is 19.6 Å². The van der Waals surface area contributed by atoms with Crippen LogP contribution in [-0.2, 0) is 19.0 Å². The number of esters is 1. The van der Waals surface area contributed by atoms with Crippen LogP contribution >= 0.6 is 0 Å². The molecule has 0 bridgehead atoms. The maximum atomic E-state index is 10.7. The Kier molecular flexibility index (Phi) is 12.0. The van der Waals surface area contributed by atoms with Crippen LogP contribution in [0.4, 0.5) is 0 Å².